The Balaban J connectivity index is 1.86. The standard InChI is InChI=1S/C22H18F2N8O/c1-22(13-11-27-31(2)12-13,19-5-3-4-15(10-25)28-19)9-17-20(21(26)33)30-32(29-17)18-7-6-14(23)8-16(18)24/h3-8,11-12H,9H2,1-2H3,(H2,26,33). The lowest BCUT2D eigenvalue weighted by Crippen LogP contribution is -2.29. The molecule has 33 heavy (non-hydrogen) atoms. The van der Waals surface area contributed by atoms with E-state index in [4.69, 9.17) is 5.73 Å². The third-order valence-electron chi connectivity index (χ3n) is 5.33. The maximum atomic E-state index is 14.3. The summed E-state index contributed by atoms with van der Waals surface area (Å²) in [4.78, 5) is 17.5. The van der Waals surface area contributed by atoms with Gasteiger partial charge in [-0.15, -0.1) is 9.90 Å². The van der Waals surface area contributed by atoms with Crippen LogP contribution in [-0.2, 0) is 18.9 Å². The molecule has 0 aliphatic carbocycles. The van der Waals surface area contributed by atoms with Crippen LogP contribution in [0.25, 0.3) is 5.69 Å². The predicted octanol–water partition coefficient (Wildman–Crippen LogP) is 2.19. The third-order valence-corrected chi connectivity index (χ3v) is 5.33. The molecule has 0 spiro atoms. The summed E-state index contributed by atoms with van der Waals surface area (Å²) in [6, 6.07) is 9.97. The van der Waals surface area contributed by atoms with Gasteiger partial charge in [-0.25, -0.2) is 13.8 Å². The Labute approximate surface area is 187 Å². The maximum absolute atomic E-state index is 14.3. The number of nitrogens with zero attached hydrogens (tertiary/aromatic N) is 7. The number of nitrogens with two attached hydrogens (primary N) is 1. The molecule has 0 fully saturated rings. The van der Waals surface area contributed by atoms with E-state index in [0.29, 0.717) is 11.8 Å². The zero-order valence-corrected chi connectivity index (χ0v) is 17.7. The van der Waals surface area contributed by atoms with Crippen LogP contribution in [0.5, 0.6) is 0 Å². The summed E-state index contributed by atoms with van der Waals surface area (Å²) >= 11 is 0. The number of hydrogen-bond donors (Lipinski definition) is 1. The van der Waals surface area contributed by atoms with Crippen molar-refractivity contribution >= 4 is 5.91 Å². The summed E-state index contributed by atoms with van der Waals surface area (Å²) in [6.07, 6.45) is 3.52. The van der Waals surface area contributed by atoms with Gasteiger partial charge in [0, 0.05) is 36.7 Å². The van der Waals surface area contributed by atoms with Gasteiger partial charge in [0.2, 0.25) is 0 Å². The van der Waals surface area contributed by atoms with Crippen molar-refractivity contribution < 1.29 is 13.6 Å². The summed E-state index contributed by atoms with van der Waals surface area (Å²) in [5.74, 6) is -2.51. The number of nitriles is 1. The number of amides is 1. The highest BCUT2D eigenvalue weighted by molar-refractivity contribution is 5.91. The molecule has 166 valence electrons. The number of benzene rings is 1. The first kappa shape index (κ1) is 21.8. The van der Waals surface area contributed by atoms with Gasteiger partial charge < -0.3 is 5.73 Å². The Morgan fingerprint density at radius 2 is 2.03 bits per heavy atom. The minimum Gasteiger partial charge on any atom is -0.364 e. The van der Waals surface area contributed by atoms with Crippen molar-refractivity contribution in [3.63, 3.8) is 0 Å². The van der Waals surface area contributed by atoms with Crippen LogP contribution in [-0.4, -0.2) is 35.7 Å². The molecule has 3 aromatic heterocycles. The molecule has 2 N–H and O–H groups in total. The molecule has 0 radical (unpaired) electrons. The fourth-order valence-corrected chi connectivity index (χ4v) is 3.58. The van der Waals surface area contributed by atoms with E-state index in [1.165, 1.54) is 0 Å². The number of halogens is 2. The van der Waals surface area contributed by atoms with Crippen molar-refractivity contribution in [2.45, 2.75) is 18.8 Å². The van der Waals surface area contributed by atoms with Gasteiger partial charge in [0.15, 0.2) is 11.5 Å². The molecule has 4 aromatic rings. The molecule has 0 bridgehead atoms. The van der Waals surface area contributed by atoms with Gasteiger partial charge in [-0.05, 0) is 31.2 Å². The molecule has 1 amide bonds. The molecular formula is C22H18F2N8O. The molecular weight excluding hydrogens is 430 g/mol. The van der Waals surface area contributed by atoms with Crippen LogP contribution in [0.1, 0.15) is 40.1 Å². The van der Waals surface area contributed by atoms with Crippen LogP contribution in [0.4, 0.5) is 8.78 Å². The second-order valence-corrected chi connectivity index (χ2v) is 7.68. The monoisotopic (exact) mass is 448 g/mol. The molecule has 0 aliphatic heterocycles. The number of aromatic nitrogens is 6. The van der Waals surface area contributed by atoms with Gasteiger partial charge in [-0.1, -0.05) is 6.07 Å². The SMILES string of the molecule is Cn1cc(C(C)(Cc2nn(-c3ccc(F)cc3F)nc2C(N)=O)c2cccc(C#N)n2)cn1. The van der Waals surface area contributed by atoms with Gasteiger partial charge in [0.05, 0.1) is 17.6 Å². The number of rotatable bonds is 6. The van der Waals surface area contributed by atoms with E-state index in [1.807, 2.05) is 13.0 Å². The highest BCUT2D eigenvalue weighted by atomic mass is 19.1. The summed E-state index contributed by atoms with van der Waals surface area (Å²) in [6.45, 7) is 1.86. The topological polar surface area (TPSA) is 128 Å². The molecule has 0 aliphatic rings. The second kappa shape index (κ2) is 8.23. The Morgan fingerprint density at radius 3 is 2.67 bits per heavy atom. The quantitative estimate of drug-likeness (QED) is 0.482. The molecule has 0 saturated carbocycles. The maximum Gasteiger partial charge on any atom is 0.271 e. The second-order valence-electron chi connectivity index (χ2n) is 7.68. The molecule has 1 unspecified atom stereocenters. The Bertz CT molecular complexity index is 1400. The van der Waals surface area contributed by atoms with E-state index < -0.39 is 23.0 Å². The van der Waals surface area contributed by atoms with E-state index in [-0.39, 0.29) is 29.2 Å². The Hall–Kier alpha value is -4.46. The van der Waals surface area contributed by atoms with Gasteiger partial charge in [0.1, 0.15) is 23.3 Å². The van der Waals surface area contributed by atoms with Gasteiger partial charge in [-0.3, -0.25) is 9.48 Å². The Kier molecular flexibility index (Phi) is 5.43. The van der Waals surface area contributed by atoms with Crippen molar-refractivity contribution in [2.24, 2.45) is 12.8 Å². The summed E-state index contributed by atoms with van der Waals surface area (Å²) in [5, 5.41) is 21.9. The van der Waals surface area contributed by atoms with Crippen LogP contribution in [0.15, 0.2) is 48.8 Å². The van der Waals surface area contributed by atoms with Crippen molar-refractivity contribution in [1.82, 2.24) is 29.8 Å². The highest BCUT2D eigenvalue weighted by Crippen LogP contribution is 2.34. The van der Waals surface area contributed by atoms with E-state index in [2.05, 4.69) is 20.3 Å². The predicted molar refractivity (Wildman–Crippen MR) is 112 cm³/mol. The first-order chi connectivity index (χ1) is 15.7. The third kappa shape index (κ3) is 4.06. The van der Waals surface area contributed by atoms with E-state index >= 15 is 0 Å². The van der Waals surface area contributed by atoms with Gasteiger partial charge in [-0.2, -0.15) is 15.5 Å². The summed E-state index contributed by atoms with van der Waals surface area (Å²) in [7, 11) is 1.76. The lowest BCUT2D eigenvalue weighted by molar-refractivity contribution is 0.0994. The van der Waals surface area contributed by atoms with E-state index in [1.54, 1.807) is 42.3 Å². The van der Waals surface area contributed by atoms with Gasteiger partial charge >= 0.3 is 0 Å². The largest absolute Gasteiger partial charge is 0.364 e. The van der Waals surface area contributed by atoms with Gasteiger partial charge in [0.25, 0.3) is 5.91 Å². The molecule has 1 aromatic carbocycles. The van der Waals surface area contributed by atoms with E-state index in [9.17, 15) is 18.8 Å². The molecule has 0 saturated heterocycles. The number of carbonyl (C=O) groups excluding carboxylic acids is 1. The van der Waals surface area contributed by atoms with Crippen molar-refractivity contribution in [2.75, 3.05) is 0 Å². The lowest BCUT2D eigenvalue weighted by atomic mass is 9.76. The normalized spacial score (nSPS) is 12.8. The van der Waals surface area contributed by atoms with Crippen LogP contribution >= 0.6 is 0 Å². The van der Waals surface area contributed by atoms with E-state index in [0.717, 1.165) is 22.5 Å². The smallest absolute Gasteiger partial charge is 0.271 e. The van der Waals surface area contributed by atoms with Crippen molar-refractivity contribution in [3.05, 3.63) is 88.8 Å². The molecule has 3 heterocycles. The fraction of sp³-hybridized carbons (Fsp3) is 0.182. The van der Waals surface area contributed by atoms with Crippen molar-refractivity contribution in [3.8, 4) is 11.8 Å². The van der Waals surface area contributed by atoms with Crippen LogP contribution in [0.3, 0.4) is 0 Å². The number of pyridine rings is 1. The summed E-state index contributed by atoms with van der Waals surface area (Å²) < 4.78 is 29.3. The van der Waals surface area contributed by atoms with Crippen molar-refractivity contribution in [1.29, 1.82) is 5.26 Å². The summed E-state index contributed by atoms with van der Waals surface area (Å²) in [5.41, 5.74) is 6.01. The zero-order chi connectivity index (χ0) is 23.8. The van der Waals surface area contributed by atoms with Crippen LogP contribution in [0.2, 0.25) is 0 Å². The molecule has 4 rings (SSSR count). The lowest BCUT2D eigenvalue weighted by Gasteiger charge is -2.27. The average Bonchev–Trinajstić information content (AvgIpc) is 3.40. The Morgan fingerprint density at radius 1 is 1.24 bits per heavy atom. The van der Waals surface area contributed by atoms with Crippen LogP contribution in [0, 0.1) is 23.0 Å². The number of carbonyl (C=O) groups is 1. The zero-order valence-electron chi connectivity index (χ0n) is 17.7. The highest BCUT2D eigenvalue weighted by Gasteiger charge is 2.35. The molecule has 9 nitrogen and oxygen atoms in total. The first-order valence-electron chi connectivity index (χ1n) is 9.79. The molecule has 11 heteroatoms. The number of hydrogen-bond acceptors (Lipinski definition) is 6. The number of primary amides is 1. The minimum atomic E-state index is -0.897. The minimum absolute atomic E-state index is 0.0850. The van der Waals surface area contributed by atoms with Crippen LogP contribution < -0.4 is 5.73 Å². The fourth-order valence-electron chi connectivity index (χ4n) is 3.58. The average molecular weight is 448 g/mol. The molecule has 1 atom stereocenters. The number of aryl methyl sites for hydroxylation is 1. The first-order valence-corrected chi connectivity index (χ1v) is 9.79.